The summed E-state index contributed by atoms with van der Waals surface area (Å²) in [6, 6.07) is 5.86. The van der Waals surface area contributed by atoms with E-state index in [9.17, 15) is 14.4 Å². The first-order chi connectivity index (χ1) is 11.9. The summed E-state index contributed by atoms with van der Waals surface area (Å²) in [7, 11) is 1.57. The van der Waals surface area contributed by atoms with E-state index in [1.807, 2.05) is 0 Å². The van der Waals surface area contributed by atoms with Crippen LogP contribution >= 0.6 is 0 Å². The summed E-state index contributed by atoms with van der Waals surface area (Å²) in [6.07, 6.45) is 0.835. The molecule has 7 heteroatoms. The minimum atomic E-state index is -0.801. The highest BCUT2D eigenvalue weighted by atomic mass is 16.5. The number of benzene rings is 1. The maximum absolute atomic E-state index is 12.4. The van der Waals surface area contributed by atoms with Gasteiger partial charge in [-0.15, -0.1) is 0 Å². The first-order valence-electron chi connectivity index (χ1n) is 8.42. The number of carbonyl (C=O) groups excluding carboxylic acids is 3. The molecule has 1 aliphatic rings. The molecule has 0 saturated carbocycles. The van der Waals surface area contributed by atoms with Gasteiger partial charge in [0, 0.05) is 6.54 Å². The van der Waals surface area contributed by atoms with Crippen LogP contribution in [0.3, 0.4) is 0 Å². The molecule has 0 spiro atoms. The number of nitrogens with one attached hydrogen (secondary N) is 2. The van der Waals surface area contributed by atoms with Crippen LogP contribution in [0.2, 0.25) is 0 Å². The number of imide groups is 1. The van der Waals surface area contributed by atoms with E-state index < -0.39 is 12.1 Å². The molecule has 1 aromatic rings. The highest BCUT2D eigenvalue weighted by Gasteiger charge is 2.38. The van der Waals surface area contributed by atoms with Gasteiger partial charge >= 0.3 is 6.03 Å². The lowest BCUT2D eigenvalue weighted by Gasteiger charge is -2.13. The molecule has 7 nitrogen and oxygen atoms in total. The minimum absolute atomic E-state index is 0.0399. The molecule has 0 aromatic heterocycles. The van der Waals surface area contributed by atoms with Crippen molar-refractivity contribution in [2.45, 2.75) is 39.3 Å². The number of hydrogen-bond donors (Lipinski definition) is 2. The Hall–Kier alpha value is -2.57. The van der Waals surface area contributed by atoms with Gasteiger partial charge in [-0.05, 0) is 30.0 Å². The summed E-state index contributed by atoms with van der Waals surface area (Å²) in [5, 5.41) is 5.36. The molecule has 1 aliphatic heterocycles. The quantitative estimate of drug-likeness (QED) is 0.700. The second kappa shape index (κ2) is 8.50. The monoisotopic (exact) mass is 347 g/mol. The molecule has 2 N–H and O–H groups in total. The number of amides is 4. The Bertz CT molecular complexity index is 628. The zero-order valence-electron chi connectivity index (χ0n) is 14.9. The SMILES string of the molecule is COc1ccc(CN2C(=O)N[C@@H](CC(=O)NCCC(C)C)C2=O)cc1. The average Bonchev–Trinajstić information content (AvgIpc) is 2.82. The number of ether oxygens (including phenoxy) is 1. The highest BCUT2D eigenvalue weighted by Crippen LogP contribution is 2.17. The van der Waals surface area contributed by atoms with Crippen molar-refractivity contribution in [3.63, 3.8) is 0 Å². The van der Waals surface area contributed by atoms with E-state index in [0.717, 1.165) is 16.9 Å². The molecule has 1 saturated heterocycles. The predicted molar refractivity (Wildman–Crippen MR) is 92.9 cm³/mol. The molecule has 0 unspecified atom stereocenters. The molecular formula is C18H25N3O4. The van der Waals surface area contributed by atoms with E-state index >= 15 is 0 Å². The maximum atomic E-state index is 12.4. The maximum Gasteiger partial charge on any atom is 0.325 e. The van der Waals surface area contributed by atoms with Gasteiger partial charge in [0.25, 0.3) is 5.91 Å². The molecule has 1 fully saturated rings. The first kappa shape index (κ1) is 18.8. The van der Waals surface area contributed by atoms with Gasteiger partial charge in [-0.2, -0.15) is 0 Å². The summed E-state index contributed by atoms with van der Waals surface area (Å²) in [5.41, 5.74) is 0.811. The predicted octanol–water partition coefficient (Wildman–Crippen LogP) is 1.67. The van der Waals surface area contributed by atoms with Crippen LogP contribution in [-0.4, -0.2) is 42.4 Å². The van der Waals surface area contributed by atoms with Crippen molar-refractivity contribution in [1.29, 1.82) is 0 Å². The van der Waals surface area contributed by atoms with Crippen LogP contribution in [0.25, 0.3) is 0 Å². The number of hydrogen-bond acceptors (Lipinski definition) is 4. The van der Waals surface area contributed by atoms with E-state index in [0.29, 0.717) is 18.2 Å². The molecule has 1 aromatic carbocycles. The molecule has 25 heavy (non-hydrogen) atoms. The van der Waals surface area contributed by atoms with Gasteiger partial charge in [-0.1, -0.05) is 26.0 Å². The van der Waals surface area contributed by atoms with E-state index in [2.05, 4.69) is 24.5 Å². The standard InChI is InChI=1S/C18H25N3O4/c1-12(2)8-9-19-16(22)10-15-17(23)21(18(24)20-15)11-13-4-6-14(25-3)7-5-13/h4-7,12,15H,8-11H2,1-3H3,(H,19,22)(H,20,24)/t15-/m0/s1. The fourth-order valence-corrected chi connectivity index (χ4v) is 2.54. The minimum Gasteiger partial charge on any atom is -0.497 e. The van der Waals surface area contributed by atoms with Gasteiger partial charge in [0.05, 0.1) is 20.1 Å². The third-order valence-corrected chi connectivity index (χ3v) is 4.04. The molecular weight excluding hydrogens is 322 g/mol. The molecule has 1 heterocycles. The van der Waals surface area contributed by atoms with E-state index in [1.165, 1.54) is 0 Å². The van der Waals surface area contributed by atoms with Crippen LogP contribution in [0.4, 0.5) is 4.79 Å². The zero-order chi connectivity index (χ0) is 18.4. The second-order valence-electron chi connectivity index (χ2n) is 6.51. The summed E-state index contributed by atoms with van der Waals surface area (Å²) >= 11 is 0. The number of rotatable bonds is 8. The van der Waals surface area contributed by atoms with Crippen molar-refractivity contribution in [2.75, 3.05) is 13.7 Å². The van der Waals surface area contributed by atoms with Crippen molar-refractivity contribution in [2.24, 2.45) is 5.92 Å². The van der Waals surface area contributed by atoms with Crippen molar-refractivity contribution < 1.29 is 19.1 Å². The molecule has 0 bridgehead atoms. The van der Waals surface area contributed by atoms with Gasteiger partial charge in [-0.25, -0.2) is 4.79 Å². The fourth-order valence-electron chi connectivity index (χ4n) is 2.54. The molecule has 0 aliphatic carbocycles. The summed E-state index contributed by atoms with van der Waals surface area (Å²) in [4.78, 5) is 37.5. The Morgan fingerprint density at radius 2 is 1.96 bits per heavy atom. The number of nitrogens with zero attached hydrogens (tertiary/aromatic N) is 1. The van der Waals surface area contributed by atoms with Crippen molar-refractivity contribution >= 4 is 17.8 Å². The topological polar surface area (TPSA) is 87.7 Å². The van der Waals surface area contributed by atoms with Gasteiger partial charge in [0.15, 0.2) is 0 Å². The van der Waals surface area contributed by atoms with Crippen LogP contribution in [0.5, 0.6) is 5.75 Å². The third-order valence-electron chi connectivity index (χ3n) is 4.04. The Labute approximate surface area is 147 Å². The Morgan fingerprint density at radius 3 is 2.56 bits per heavy atom. The largest absolute Gasteiger partial charge is 0.497 e. The first-order valence-corrected chi connectivity index (χ1v) is 8.42. The molecule has 1 atom stereocenters. The molecule has 0 radical (unpaired) electrons. The van der Waals surface area contributed by atoms with E-state index in [1.54, 1.807) is 31.4 Å². The molecule has 136 valence electrons. The summed E-state index contributed by atoms with van der Waals surface area (Å²) in [5.74, 6) is 0.593. The van der Waals surface area contributed by atoms with Crippen LogP contribution in [0, 0.1) is 5.92 Å². The lowest BCUT2D eigenvalue weighted by Crippen LogP contribution is -2.37. The molecule has 2 rings (SSSR count). The Morgan fingerprint density at radius 1 is 1.28 bits per heavy atom. The van der Waals surface area contributed by atoms with Crippen molar-refractivity contribution in [1.82, 2.24) is 15.5 Å². The molecule has 4 amide bonds. The second-order valence-corrected chi connectivity index (χ2v) is 6.51. The van der Waals surface area contributed by atoms with Gasteiger partial charge in [0.2, 0.25) is 5.91 Å². The normalized spacial score (nSPS) is 17.0. The lowest BCUT2D eigenvalue weighted by molar-refractivity contribution is -0.131. The average molecular weight is 347 g/mol. The fraction of sp³-hybridized carbons (Fsp3) is 0.500. The summed E-state index contributed by atoms with van der Waals surface area (Å²) in [6.45, 7) is 4.88. The number of methoxy groups -OCH3 is 1. The summed E-state index contributed by atoms with van der Waals surface area (Å²) < 4.78 is 5.08. The van der Waals surface area contributed by atoms with Crippen LogP contribution in [0.15, 0.2) is 24.3 Å². The van der Waals surface area contributed by atoms with Crippen LogP contribution < -0.4 is 15.4 Å². The number of urea groups is 1. The Balaban J connectivity index is 1.89. The zero-order valence-corrected chi connectivity index (χ0v) is 14.9. The van der Waals surface area contributed by atoms with E-state index in [4.69, 9.17) is 4.74 Å². The van der Waals surface area contributed by atoms with Crippen LogP contribution in [-0.2, 0) is 16.1 Å². The lowest BCUT2D eigenvalue weighted by atomic mass is 10.1. The third kappa shape index (κ3) is 5.20. The van der Waals surface area contributed by atoms with Crippen molar-refractivity contribution in [3.8, 4) is 5.75 Å². The smallest absolute Gasteiger partial charge is 0.325 e. The van der Waals surface area contributed by atoms with E-state index in [-0.39, 0.29) is 24.8 Å². The van der Waals surface area contributed by atoms with Gasteiger partial charge in [-0.3, -0.25) is 14.5 Å². The van der Waals surface area contributed by atoms with Crippen molar-refractivity contribution in [3.05, 3.63) is 29.8 Å². The van der Waals surface area contributed by atoms with Crippen LogP contribution in [0.1, 0.15) is 32.3 Å². The highest BCUT2D eigenvalue weighted by molar-refractivity contribution is 6.05. The van der Waals surface area contributed by atoms with Gasteiger partial charge in [0.1, 0.15) is 11.8 Å². The Kier molecular flexibility index (Phi) is 6.38. The number of carbonyl (C=O) groups is 3. The van der Waals surface area contributed by atoms with Gasteiger partial charge < -0.3 is 15.4 Å².